The number of ether oxygens (including phenoxy) is 1. The van der Waals surface area contributed by atoms with Crippen LogP contribution in [0.1, 0.15) is 24.1 Å². The Morgan fingerprint density at radius 3 is 2.38 bits per heavy atom. The van der Waals surface area contributed by atoms with E-state index in [1.54, 1.807) is 6.92 Å². The molecule has 0 aromatic heterocycles. The minimum absolute atomic E-state index is 0.284. The summed E-state index contributed by atoms with van der Waals surface area (Å²) in [4.78, 5) is 40.5. The van der Waals surface area contributed by atoms with Crippen LogP contribution in [0, 0.1) is 24.6 Å². The van der Waals surface area contributed by atoms with Crippen LogP contribution in [0.15, 0.2) is 48.5 Å². The van der Waals surface area contributed by atoms with Crippen molar-refractivity contribution >= 4 is 23.5 Å². The zero-order chi connectivity index (χ0) is 20.9. The maximum atomic E-state index is 13.4. The standard InChI is InChI=1S/C22H21FN2O4/c1-12-6-4-5-7-15(12)18-16-17(22(2,24-18)21(28)29-3)20(27)25(19(16)26)14-10-8-13(23)9-11-14/h4-11,16-18,24H,1-3H3/t16-,17+,18+,22+/m0/s1. The maximum absolute atomic E-state index is 13.4. The van der Waals surface area contributed by atoms with Crippen LogP contribution in [0.2, 0.25) is 0 Å². The van der Waals surface area contributed by atoms with Gasteiger partial charge in [0.2, 0.25) is 11.8 Å². The lowest BCUT2D eigenvalue weighted by Gasteiger charge is -2.29. The number of imide groups is 1. The van der Waals surface area contributed by atoms with E-state index in [0.717, 1.165) is 16.0 Å². The summed E-state index contributed by atoms with van der Waals surface area (Å²) in [6.07, 6.45) is 0. The molecular formula is C22H21FN2O4. The van der Waals surface area contributed by atoms with Crippen LogP contribution in [0.4, 0.5) is 10.1 Å². The first kappa shape index (κ1) is 19.3. The normalized spacial score (nSPS) is 28.6. The average molecular weight is 396 g/mol. The summed E-state index contributed by atoms with van der Waals surface area (Å²) in [6, 6.07) is 12.2. The molecular weight excluding hydrogens is 375 g/mol. The lowest BCUT2D eigenvalue weighted by atomic mass is 9.80. The van der Waals surface area contributed by atoms with Gasteiger partial charge >= 0.3 is 5.97 Å². The Balaban J connectivity index is 1.84. The summed E-state index contributed by atoms with van der Waals surface area (Å²) in [5, 5.41) is 3.22. The number of aryl methyl sites for hydroxylation is 1. The van der Waals surface area contributed by atoms with Gasteiger partial charge in [-0.15, -0.1) is 0 Å². The Kier molecular flexibility index (Phi) is 4.50. The number of hydrogen-bond donors (Lipinski definition) is 1. The van der Waals surface area contributed by atoms with E-state index in [9.17, 15) is 18.8 Å². The van der Waals surface area contributed by atoms with Gasteiger partial charge < -0.3 is 4.74 Å². The summed E-state index contributed by atoms with van der Waals surface area (Å²) in [7, 11) is 1.25. The topological polar surface area (TPSA) is 75.7 Å². The Labute approximate surface area is 167 Å². The summed E-state index contributed by atoms with van der Waals surface area (Å²) in [5.41, 5.74) is 0.704. The number of esters is 1. The summed E-state index contributed by atoms with van der Waals surface area (Å²) < 4.78 is 18.3. The molecule has 0 unspecified atom stereocenters. The fraction of sp³-hybridized carbons (Fsp3) is 0.318. The number of nitrogens with zero attached hydrogens (tertiary/aromatic N) is 1. The fourth-order valence-corrected chi connectivity index (χ4v) is 4.59. The average Bonchev–Trinajstić information content (AvgIpc) is 3.16. The van der Waals surface area contributed by atoms with Crippen LogP contribution in [0.5, 0.6) is 0 Å². The lowest BCUT2D eigenvalue weighted by Crippen LogP contribution is -2.54. The molecule has 150 valence electrons. The molecule has 0 aliphatic carbocycles. The van der Waals surface area contributed by atoms with Gasteiger partial charge in [0.05, 0.1) is 24.6 Å². The molecule has 0 saturated carbocycles. The molecule has 0 bridgehead atoms. The molecule has 2 aliphatic rings. The number of hydrogen-bond acceptors (Lipinski definition) is 5. The monoisotopic (exact) mass is 396 g/mol. The van der Waals surface area contributed by atoms with Crippen LogP contribution in [0.25, 0.3) is 0 Å². The summed E-state index contributed by atoms with van der Waals surface area (Å²) in [5.74, 6) is -3.70. The molecule has 2 fully saturated rings. The van der Waals surface area contributed by atoms with E-state index >= 15 is 0 Å². The van der Waals surface area contributed by atoms with E-state index in [4.69, 9.17) is 4.74 Å². The number of carbonyl (C=O) groups is 3. The van der Waals surface area contributed by atoms with Gasteiger partial charge in [0, 0.05) is 6.04 Å². The van der Waals surface area contributed by atoms with Crippen molar-refractivity contribution in [2.75, 3.05) is 12.0 Å². The van der Waals surface area contributed by atoms with Crippen molar-refractivity contribution in [1.82, 2.24) is 5.32 Å². The van der Waals surface area contributed by atoms with E-state index in [0.29, 0.717) is 0 Å². The van der Waals surface area contributed by atoms with Gasteiger partial charge in [-0.1, -0.05) is 24.3 Å². The Morgan fingerprint density at radius 2 is 1.76 bits per heavy atom. The van der Waals surface area contributed by atoms with Crippen molar-refractivity contribution in [2.24, 2.45) is 11.8 Å². The van der Waals surface area contributed by atoms with Gasteiger partial charge in [-0.25, -0.2) is 9.29 Å². The molecule has 2 heterocycles. The molecule has 1 N–H and O–H groups in total. The molecule has 2 aromatic rings. The third-order valence-electron chi connectivity index (χ3n) is 6.01. The highest BCUT2D eigenvalue weighted by atomic mass is 19.1. The second-order valence-corrected chi connectivity index (χ2v) is 7.66. The van der Waals surface area contributed by atoms with Crippen LogP contribution >= 0.6 is 0 Å². The van der Waals surface area contributed by atoms with Crippen molar-refractivity contribution in [3.63, 3.8) is 0 Å². The number of amides is 2. The third kappa shape index (κ3) is 2.76. The molecule has 4 atom stereocenters. The smallest absolute Gasteiger partial charge is 0.326 e. The number of methoxy groups -OCH3 is 1. The largest absolute Gasteiger partial charge is 0.468 e. The van der Waals surface area contributed by atoms with Gasteiger partial charge in [-0.05, 0) is 49.2 Å². The number of nitrogens with one attached hydrogen (secondary N) is 1. The van der Waals surface area contributed by atoms with E-state index in [2.05, 4.69) is 5.32 Å². The quantitative estimate of drug-likeness (QED) is 0.637. The third-order valence-corrected chi connectivity index (χ3v) is 6.01. The Hall–Kier alpha value is -3.06. The zero-order valence-electron chi connectivity index (χ0n) is 16.3. The number of benzene rings is 2. The van der Waals surface area contributed by atoms with E-state index < -0.39 is 47.0 Å². The van der Waals surface area contributed by atoms with Gasteiger partial charge in [-0.3, -0.25) is 19.7 Å². The van der Waals surface area contributed by atoms with Crippen LogP contribution in [-0.4, -0.2) is 30.4 Å². The number of rotatable bonds is 3. The van der Waals surface area contributed by atoms with Crippen LogP contribution < -0.4 is 10.2 Å². The lowest BCUT2D eigenvalue weighted by molar-refractivity contribution is -0.151. The Bertz CT molecular complexity index is 1010. The highest BCUT2D eigenvalue weighted by molar-refractivity contribution is 6.24. The van der Waals surface area contributed by atoms with Crippen molar-refractivity contribution < 1.29 is 23.5 Å². The molecule has 29 heavy (non-hydrogen) atoms. The fourth-order valence-electron chi connectivity index (χ4n) is 4.59. The number of halogens is 1. The van der Waals surface area contributed by atoms with E-state index in [1.807, 2.05) is 31.2 Å². The first-order chi connectivity index (χ1) is 13.8. The van der Waals surface area contributed by atoms with Gasteiger partial charge in [0.25, 0.3) is 0 Å². The molecule has 7 heteroatoms. The van der Waals surface area contributed by atoms with Gasteiger partial charge in [0.1, 0.15) is 11.4 Å². The maximum Gasteiger partial charge on any atom is 0.326 e. The summed E-state index contributed by atoms with van der Waals surface area (Å²) >= 11 is 0. The first-order valence-electron chi connectivity index (χ1n) is 9.34. The second kappa shape index (κ2) is 6.77. The van der Waals surface area contributed by atoms with Crippen molar-refractivity contribution in [1.29, 1.82) is 0 Å². The predicted molar refractivity (Wildman–Crippen MR) is 103 cm³/mol. The van der Waals surface area contributed by atoms with Crippen molar-refractivity contribution in [3.05, 3.63) is 65.5 Å². The van der Waals surface area contributed by atoms with Crippen molar-refractivity contribution in [2.45, 2.75) is 25.4 Å². The summed E-state index contributed by atoms with van der Waals surface area (Å²) in [6.45, 7) is 3.51. The number of fused-ring (bicyclic) bond motifs is 1. The predicted octanol–water partition coefficient (Wildman–Crippen LogP) is 2.52. The molecule has 0 spiro atoms. The SMILES string of the molecule is COC(=O)[C@]1(C)N[C@H](c2ccccc2C)[C@H]2C(=O)N(c3ccc(F)cc3)C(=O)[C@@H]21. The molecule has 2 aliphatic heterocycles. The highest BCUT2D eigenvalue weighted by Crippen LogP contribution is 2.50. The minimum Gasteiger partial charge on any atom is -0.468 e. The number of anilines is 1. The minimum atomic E-state index is -1.37. The molecule has 2 aromatic carbocycles. The highest BCUT2D eigenvalue weighted by Gasteiger charge is 2.67. The first-order valence-corrected chi connectivity index (χ1v) is 9.34. The second-order valence-electron chi connectivity index (χ2n) is 7.66. The molecule has 6 nitrogen and oxygen atoms in total. The van der Waals surface area contributed by atoms with E-state index in [-0.39, 0.29) is 5.69 Å². The molecule has 0 radical (unpaired) electrons. The van der Waals surface area contributed by atoms with E-state index in [1.165, 1.54) is 31.4 Å². The van der Waals surface area contributed by atoms with Gasteiger partial charge in [0.15, 0.2) is 0 Å². The molecule has 4 rings (SSSR count). The van der Waals surface area contributed by atoms with Crippen molar-refractivity contribution in [3.8, 4) is 0 Å². The van der Waals surface area contributed by atoms with Crippen LogP contribution in [0.3, 0.4) is 0 Å². The Morgan fingerprint density at radius 1 is 1.10 bits per heavy atom. The zero-order valence-corrected chi connectivity index (χ0v) is 16.3. The number of carbonyl (C=O) groups excluding carboxylic acids is 3. The van der Waals surface area contributed by atoms with Gasteiger partial charge in [-0.2, -0.15) is 0 Å². The molecule has 2 amide bonds. The van der Waals surface area contributed by atoms with Crippen LogP contribution in [-0.2, 0) is 19.1 Å². The molecule has 2 saturated heterocycles.